The number of hydrogen-bond donors (Lipinski definition) is 2. The summed E-state index contributed by atoms with van der Waals surface area (Å²) >= 11 is 0. The highest BCUT2D eigenvalue weighted by molar-refractivity contribution is 14.0. The molecular formula is C18H37IN4O2. The van der Waals surface area contributed by atoms with Crippen molar-refractivity contribution in [3.63, 3.8) is 0 Å². The second-order valence-electron chi connectivity index (χ2n) is 6.84. The number of nitrogens with one attached hydrogen (secondary N) is 2. The van der Waals surface area contributed by atoms with Crippen molar-refractivity contribution in [3.8, 4) is 0 Å². The van der Waals surface area contributed by atoms with E-state index in [-0.39, 0.29) is 24.0 Å². The lowest BCUT2D eigenvalue weighted by molar-refractivity contribution is 0.0487. The van der Waals surface area contributed by atoms with Crippen molar-refractivity contribution in [1.82, 2.24) is 15.5 Å². The van der Waals surface area contributed by atoms with Crippen LogP contribution in [0.2, 0.25) is 0 Å². The standard InChI is InChI=1S/C18H36N4O2.HI/c1-3-4-10-23-12-13-24-11-8-20-18(19-2)21-14-16-7-9-22(15-16)17-5-6-17;/h16-17H,3-15H2,1-2H3,(H2,19,20,21);1H. The molecule has 0 aromatic rings. The summed E-state index contributed by atoms with van der Waals surface area (Å²) in [6, 6.07) is 0.899. The largest absolute Gasteiger partial charge is 0.379 e. The van der Waals surface area contributed by atoms with Gasteiger partial charge in [0.05, 0.1) is 19.8 Å². The van der Waals surface area contributed by atoms with E-state index < -0.39 is 0 Å². The molecule has 1 saturated heterocycles. The highest BCUT2D eigenvalue weighted by Gasteiger charge is 2.34. The fourth-order valence-corrected chi connectivity index (χ4v) is 3.07. The molecule has 1 aliphatic heterocycles. The first-order valence-electron chi connectivity index (χ1n) is 9.67. The number of rotatable bonds is 12. The molecule has 2 rings (SSSR count). The van der Waals surface area contributed by atoms with Crippen LogP contribution in [0.3, 0.4) is 0 Å². The molecule has 0 amide bonds. The third-order valence-corrected chi connectivity index (χ3v) is 4.72. The Bertz CT molecular complexity index is 367. The number of ether oxygens (including phenoxy) is 2. The SMILES string of the molecule is CCCCOCCOCCNC(=NC)NCC1CCN(C2CC2)C1.I. The van der Waals surface area contributed by atoms with Gasteiger partial charge in [-0.15, -0.1) is 24.0 Å². The number of guanidine groups is 1. The maximum Gasteiger partial charge on any atom is 0.191 e. The zero-order valence-corrected chi connectivity index (χ0v) is 18.3. The van der Waals surface area contributed by atoms with E-state index in [0.717, 1.165) is 44.0 Å². The molecule has 0 aromatic heterocycles. The van der Waals surface area contributed by atoms with Gasteiger partial charge in [0.2, 0.25) is 0 Å². The van der Waals surface area contributed by atoms with Crippen molar-refractivity contribution in [3.05, 3.63) is 0 Å². The summed E-state index contributed by atoms with van der Waals surface area (Å²) in [5.41, 5.74) is 0. The number of aliphatic imine (C=N–C) groups is 1. The average Bonchev–Trinajstić information content (AvgIpc) is 3.35. The van der Waals surface area contributed by atoms with Gasteiger partial charge in [-0.05, 0) is 38.1 Å². The predicted molar refractivity (Wildman–Crippen MR) is 114 cm³/mol. The van der Waals surface area contributed by atoms with E-state index in [1.165, 1.54) is 38.8 Å². The van der Waals surface area contributed by atoms with E-state index in [9.17, 15) is 0 Å². The first kappa shape index (κ1) is 22.9. The van der Waals surface area contributed by atoms with E-state index in [0.29, 0.717) is 19.8 Å². The van der Waals surface area contributed by atoms with Crippen molar-refractivity contribution in [2.45, 2.75) is 45.1 Å². The van der Waals surface area contributed by atoms with Gasteiger partial charge in [-0.3, -0.25) is 4.99 Å². The molecule has 1 heterocycles. The van der Waals surface area contributed by atoms with Gasteiger partial charge < -0.3 is 25.0 Å². The van der Waals surface area contributed by atoms with Crippen molar-refractivity contribution >= 4 is 29.9 Å². The molecule has 148 valence electrons. The molecular weight excluding hydrogens is 431 g/mol. The maximum atomic E-state index is 5.56. The van der Waals surface area contributed by atoms with Crippen LogP contribution in [0.1, 0.15) is 39.0 Å². The lowest BCUT2D eigenvalue weighted by Crippen LogP contribution is -2.41. The third kappa shape index (κ3) is 9.96. The smallest absolute Gasteiger partial charge is 0.191 e. The molecule has 6 nitrogen and oxygen atoms in total. The van der Waals surface area contributed by atoms with Gasteiger partial charge in [0.1, 0.15) is 0 Å². The Morgan fingerprint density at radius 1 is 1.08 bits per heavy atom. The lowest BCUT2D eigenvalue weighted by Gasteiger charge is -2.17. The Morgan fingerprint density at radius 3 is 2.52 bits per heavy atom. The van der Waals surface area contributed by atoms with Crippen LogP contribution in [0.15, 0.2) is 4.99 Å². The maximum absolute atomic E-state index is 5.56. The van der Waals surface area contributed by atoms with Crippen molar-refractivity contribution in [1.29, 1.82) is 0 Å². The second-order valence-corrected chi connectivity index (χ2v) is 6.84. The Hall–Kier alpha value is -0.120. The Labute approximate surface area is 170 Å². The summed E-state index contributed by atoms with van der Waals surface area (Å²) in [7, 11) is 1.82. The van der Waals surface area contributed by atoms with E-state index >= 15 is 0 Å². The van der Waals surface area contributed by atoms with Crippen LogP contribution in [-0.2, 0) is 9.47 Å². The molecule has 1 saturated carbocycles. The van der Waals surface area contributed by atoms with Crippen LogP contribution in [0, 0.1) is 5.92 Å². The molecule has 0 bridgehead atoms. The van der Waals surface area contributed by atoms with E-state index in [1.807, 2.05) is 7.05 Å². The van der Waals surface area contributed by atoms with Gasteiger partial charge in [-0.25, -0.2) is 0 Å². The van der Waals surface area contributed by atoms with Gasteiger partial charge >= 0.3 is 0 Å². The van der Waals surface area contributed by atoms with Gasteiger partial charge in [0.25, 0.3) is 0 Å². The van der Waals surface area contributed by atoms with Crippen LogP contribution in [-0.4, -0.2) is 76.6 Å². The highest BCUT2D eigenvalue weighted by atomic mass is 127. The fraction of sp³-hybridized carbons (Fsp3) is 0.944. The highest BCUT2D eigenvalue weighted by Crippen LogP contribution is 2.31. The summed E-state index contributed by atoms with van der Waals surface area (Å²) in [6.45, 7) is 9.34. The average molecular weight is 468 g/mol. The molecule has 0 radical (unpaired) electrons. The molecule has 7 heteroatoms. The number of likely N-dealkylation sites (tertiary alicyclic amines) is 1. The van der Waals surface area contributed by atoms with Crippen LogP contribution >= 0.6 is 24.0 Å². The minimum Gasteiger partial charge on any atom is -0.379 e. The van der Waals surface area contributed by atoms with E-state index in [2.05, 4.69) is 27.4 Å². The molecule has 1 atom stereocenters. The van der Waals surface area contributed by atoms with Crippen molar-refractivity contribution in [2.75, 3.05) is 59.7 Å². The van der Waals surface area contributed by atoms with Crippen LogP contribution in [0.25, 0.3) is 0 Å². The normalized spacial score (nSPS) is 21.2. The number of hydrogen-bond acceptors (Lipinski definition) is 4. The molecule has 2 aliphatic rings. The summed E-state index contributed by atoms with van der Waals surface area (Å²) in [5.74, 6) is 1.63. The summed E-state index contributed by atoms with van der Waals surface area (Å²) in [6.07, 6.45) is 6.43. The van der Waals surface area contributed by atoms with Gasteiger partial charge in [-0.1, -0.05) is 13.3 Å². The summed E-state index contributed by atoms with van der Waals surface area (Å²) in [4.78, 5) is 6.94. The number of halogens is 1. The molecule has 25 heavy (non-hydrogen) atoms. The minimum atomic E-state index is 0. The first-order chi connectivity index (χ1) is 11.8. The number of nitrogens with zero attached hydrogens (tertiary/aromatic N) is 2. The van der Waals surface area contributed by atoms with Crippen LogP contribution in [0.4, 0.5) is 0 Å². The minimum absolute atomic E-state index is 0. The van der Waals surface area contributed by atoms with Crippen LogP contribution in [0.5, 0.6) is 0 Å². The Morgan fingerprint density at radius 2 is 1.84 bits per heavy atom. The molecule has 1 aliphatic carbocycles. The zero-order chi connectivity index (χ0) is 17.0. The quantitative estimate of drug-likeness (QED) is 0.199. The topological polar surface area (TPSA) is 58.1 Å². The van der Waals surface area contributed by atoms with Crippen LogP contribution < -0.4 is 10.6 Å². The Kier molecular flexibility index (Phi) is 12.8. The summed E-state index contributed by atoms with van der Waals surface area (Å²) < 4.78 is 11.0. The Balaban J connectivity index is 0.00000312. The molecule has 0 spiro atoms. The molecule has 2 fully saturated rings. The molecule has 2 N–H and O–H groups in total. The zero-order valence-electron chi connectivity index (χ0n) is 16.0. The van der Waals surface area contributed by atoms with Gasteiger partial charge in [0.15, 0.2) is 5.96 Å². The van der Waals surface area contributed by atoms with Crippen molar-refractivity contribution in [2.24, 2.45) is 10.9 Å². The monoisotopic (exact) mass is 468 g/mol. The van der Waals surface area contributed by atoms with E-state index in [1.54, 1.807) is 0 Å². The van der Waals surface area contributed by atoms with Crippen molar-refractivity contribution < 1.29 is 9.47 Å². The molecule has 0 aromatic carbocycles. The fourth-order valence-electron chi connectivity index (χ4n) is 3.07. The second kappa shape index (κ2) is 14.0. The molecule has 1 unspecified atom stereocenters. The predicted octanol–water partition coefficient (Wildman–Crippen LogP) is 2.09. The first-order valence-corrected chi connectivity index (χ1v) is 9.67. The third-order valence-electron chi connectivity index (χ3n) is 4.72. The number of unbranched alkanes of at least 4 members (excludes halogenated alkanes) is 1. The summed E-state index contributed by atoms with van der Waals surface area (Å²) in [5, 5.41) is 6.76. The van der Waals surface area contributed by atoms with Gasteiger partial charge in [-0.2, -0.15) is 0 Å². The lowest BCUT2D eigenvalue weighted by atomic mass is 10.1. The van der Waals surface area contributed by atoms with E-state index in [4.69, 9.17) is 9.47 Å². The van der Waals surface area contributed by atoms with Gasteiger partial charge in [0, 0.05) is 39.3 Å².